The van der Waals surface area contributed by atoms with Crippen molar-refractivity contribution >= 4 is 28.3 Å². The summed E-state index contributed by atoms with van der Waals surface area (Å²) in [4.78, 5) is 26.2. The number of nitrogen functional groups attached to an aromatic ring is 1. The van der Waals surface area contributed by atoms with Crippen LogP contribution in [0.15, 0.2) is 69.9 Å². The molecule has 4 aromatic rings. The van der Waals surface area contributed by atoms with Crippen LogP contribution in [0.1, 0.15) is 29.8 Å². The van der Waals surface area contributed by atoms with E-state index in [-0.39, 0.29) is 22.3 Å². The van der Waals surface area contributed by atoms with E-state index in [0.717, 1.165) is 5.56 Å². The zero-order valence-electron chi connectivity index (χ0n) is 25.0. The van der Waals surface area contributed by atoms with E-state index in [1.54, 1.807) is 57.2 Å². The smallest absolute Gasteiger partial charge is 0.364 e. The minimum Gasteiger partial charge on any atom is -0.505 e. The number of carbonyl (C=O) groups excluding carboxylic acids is 1. The molecule has 1 aromatic heterocycles. The van der Waals surface area contributed by atoms with Crippen molar-refractivity contribution in [3.05, 3.63) is 82.2 Å². The first-order valence-electron chi connectivity index (χ1n) is 14.0. The van der Waals surface area contributed by atoms with Crippen LogP contribution in [0, 0.1) is 6.92 Å². The number of para-hydroxylation sites is 1. The van der Waals surface area contributed by atoms with Crippen molar-refractivity contribution in [3.8, 4) is 22.6 Å². The largest absolute Gasteiger partial charge is 0.505 e. The number of nitrogens with two attached hydrogens (primary N) is 2. The second kappa shape index (κ2) is 12.5. The van der Waals surface area contributed by atoms with Gasteiger partial charge in [0, 0.05) is 29.5 Å². The van der Waals surface area contributed by atoms with Gasteiger partial charge in [0.15, 0.2) is 11.4 Å². The molecule has 0 aliphatic carbocycles. The maximum absolute atomic E-state index is 13.2. The summed E-state index contributed by atoms with van der Waals surface area (Å²) in [6, 6.07) is 16.8. The summed E-state index contributed by atoms with van der Waals surface area (Å²) >= 11 is 0. The number of anilines is 2. The average Bonchev–Trinajstić information content (AvgIpc) is 2.99. The van der Waals surface area contributed by atoms with Gasteiger partial charge < -0.3 is 49.7 Å². The highest BCUT2D eigenvalue weighted by atomic mass is 16.7. The number of benzene rings is 3. The molecule has 8 N–H and O–H groups in total. The summed E-state index contributed by atoms with van der Waals surface area (Å²) in [5.74, 6) is -0.998. The highest BCUT2D eigenvalue weighted by Gasteiger charge is 2.52. The Kier molecular flexibility index (Phi) is 8.85. The van der Waals surface area contributed by atoms with E-state index >= 15 is 0 Å². The molecule has 1 aliphatic rings. The number of methoxy groups -OCH3 is 1. The first-order chi connectivity index (χ1) is 21.3. The van der Waals surface area contributed by atoms with E-state index in [4.69, 9.17) is 34.8 Å². The van der Waals surface area contributed by atoms with Gasteiger partial charge in [0.1, 0.15) is 29.6 Å². The Labute approximate surface area is 257 Å². The van der Waals surface area contributed by atoms with Gasteiger partial charge in [-0.25, -0.2) is 4.79 Å². The third-order valence-corrected chi connectivity index (χ3v) is 7.69. The monoisotopic (exact) mass is 621 g/mol. The summed E-state index contributed by atoms with van der Waals surface area (Å²) in [5, 5.41) is 34.2. The molecule has 13 nitrogen and oxygen atoms in total. The van der Waals surface area contributed by atoms with Gasteiger partial charge in [0.05, 0.1) is 11.0 Å². The van der Waals surface area contributed by atoms with E-state index in [0.29, 0.717) is 16.8 Å². The number of aliphatic hydroxyl groups is 2. The summed E-state index contributed by atoms with van der Waals surface area (Å²) in [6.07, 6.45) is -6.40. The van der Waals surface area contributed by atoms with Crippen molar-refractivity contribution in [1.82, 2.24) is 0 Å². The number of hydrogen-bond donors (Lipinski definition) is 6. The second-order valence-electron chi connectivity index (χ2n) is 11.1. The summed E-state index contributed by atoms with van der Waals surface area (Å²) in [7, 11) is 1.40. The van der Waals surface area contributed by atoms with Gasteiger partial charge in [0.25, 0.3) is 5.91 Å². The summed E-state index contributed by atoms with van der Waals surface area (Å²) < 4.78 is 28.3. The first-order valence-corrected chi connectivity index (χ1v) is 14.0. The molecule has 0 radical (unpaired) electrons. The molecule has 0 saturated carbocycles. The maximum Gasteiger partial charge on any atom is 0.364 e. The van der Waals surface area contributed by atoms with Crippen LogP contribution in [0.4, 0.5) is 11.4 Å². The van der Waals surface area contributed by atoms with Crippen molar-refractivity contribution in [3.63, 3.8) is 0 Å². The molecular formula is C32H35N3O10. The number of rotatable bonds is 8. The van der Waals surface area contributed by atoms with Crippen molar-refractivity contribution in [2.24, 2.45) is 5.73 Å². The van der Waals surface area contributed by atoms with E-state index < -0.39 is 59.6 Å². The van der Waals surface area contributed by atoms with Crippen molar-refractivity contribution in [2.45, 2.75) is 57.4 Å². The average molecular weight is 622 g/mol. The molecule has 1 unspecified atom stereocenters. The van der Waals surface area contributed by atoms with Crippen LogP contribution in [0.3, 0.4) is 0 Å². The predicted molar refractivity (Wildman–Crippen MR) is 165 cm³/mol. The van der Waals surface area contributed by atoms with Gasteiger partial charge in [-0.3, -0.25) is 10.5 Å². The number of aryl methyl sites for hydroxylation is 1. The van der Waals surface area contributed by atoms with Crippen molar-refractivity contribution in [1.29, 1.82) is 0 Å². The molecule has 45 heavy (non-hydrogen) atoms. The predicted octanol–water partition coefficient (Wildman–Crippen LogP) is 2.82. The first kappa shape index (κ1) is 31.9. The normalized spacial score (nSPS) is 21.8. The topological polar surface area (TPSA) is 209 Å². The van der Waals surface area contributed by atoms with Crippen LogP contribution >= 0.6 is 0 Å². The Bertz CT molecular complexity index is 1790. The maximum atomic E-state index is 13.2. The molecule has 3 aromatic carbocycles. The lowest BCUT2D eigenvalue weighted by atomic mass is 9.89. The number of aliphatic hydroxyl groups excluding tert-OH is 2. The van der Waals surface area contributed by atoms with E-state index in [9.17, 15) is 24.9 Å². The molecule has 1 aliphatic heterocycles. The van der Waals surface area contributed by atoms with Gasteiger partial charge in [-0.2, -0.15) is 0 Å². The molecule has 13 heteroatoms. The van der Waals surface area contributed by atoms with Gasteiger partial charge in [-0.1, -0.05) is 30.3 Å². The third-order valence-electron chi connectivity index (χ3n) is 7.69. The van der Waals surface area contributed by atoms with Crippen LogP contribution in [0.2, 0.25) is 0 Å². The zero-order valence-corrected chi connectivity index (χ0v) is 25.0. The lowest BCUT2D eigenvalue weighted by Gasteiger charge is -2.48. The lowest BCUT2D eigenvalue weighted by Crippen LogP contribution is -2.65. The number of aromatic hydroxyl groups is 1. The number of hydrogen-bond acceptors (Lipinski definition) is 12. The minimum atomic E-state index is -1.70. The molecule has 5 atom stereocenters. The van der Waals surface area contributed by atoms with Crippen LogP contribution in [-0.2, 0) is 14.2 Å². The molecular weight excluding hydrogens is 586 g/mol. The van der Waals surface area contributed by atoms with Crippen molar-refractivity contribution < 1.29 is 43.5 Å². The minimum absolute atomic E-state index is 0.0148. The van der Waals surface area contributed by atoms with Gasteiger partial charge in [0.2, 0.25) is 12.7 Å². The van der Waals surface area contributed by atoms with Crippen LogP contribution < -0.4 is 27.1 Å². The Balaban J connectivity index is 1.42. The molecule has 1 saturated heterocycles. The van der Waals surface area contributed by atoms with Gasteiger partial charge in [-0.05, 0) is 56.7 Å². The molecule has 1 amide bonds. The number of amides is 1. The van der Waals surface area contributed by atoms with Crippen molar-refractivity contribution in [2.75, 3.05) is 18.2 Å². The van der Waals surface area contributed by atoms with Gasteiger partial charge >= 0.3 is 5.63 Å². The number of nitrogens with one attached hydrogen (secondary N) is 1. The Hall–Kier alpha value is -4.50. The standard InChI is InChI=1S/C32H35N3O10/c1-15-21(42-30-24(37)26(44-31(34)40)27(41-4)32(2,3)45-30)13-12-19-23(36)22(29(39)43-25(15)19)35-28(38)17-9-7-8-16(14-17)18-10-5-6-11-20(18)33/h5-14,24,26-27,30-31,36-37,40H,33-34H2,1-4H3,(H,35,38)/t24-,26+,27-,30-,31?/m1/s1. The van der Waals surface area contributed by atoms with E-state index in [1.165, 1.54) is 19.2 Å². The molecule has 238 valence electrons. The molecule has 5 rings (SSSR count). The quantitative estimate of drug-likeness (QED) is 0.0953. The number of fused-ring (bicyclic) bond motifs is 1. The lowest BCUT2D eigenvalue weighted by molar-refractivity contribution is -0.329. The highest BCUT2D eigenvalue weighted by molar-refractivity contribution is 6.07. The SMILES string of the molecule is CO[C@@H]1[C@@H](OC(N)O)[C@@H](O)[C@H](Oc2ccc3c(O)c(NC(=O)c4cccc(-c5ccccc5N)c4)c(=O)oc3c2C)OC1(C)C. The van der Waals surface area contributed by atoms with Crippen LogP contribution in [-0.4, -0.2) is 65.0 Å². The number of carbonyl (C=O) groups is 1. The molecule has 2 heterocycles. The second-order valence-corrected chi connectivity index (χ2v) is 11.1. The number of ether oxygens (including phenoxy) is 4. The zero-order chi connectivity index (χ0) is 32.6. The van der Waals surface area contributed by atoms with Crippen LogP contribution in [0.25, 0.3) is 22.1 Å². The Morgan fingerprint density at radius 1 is 1.11 bits per heavy atom. The Morgan fingerprint density at radius 2 is 1.84 bits per heavy atom. The molecule has 0 bridgehead atoms. The summed E-state index contributed by atoms with van der Waals surface area (Å²) in [5.41, 5.74) is 11.5. The molecule has 1 fully saturated rings. The molecule has 0 spiro atoms. The highest BCUT2D eigenvalue weighted by Crippen LogP contribution is 2.38. The van der Waals surface area contributed by atoms with E-state index in [1.807, 2.05) is 12.1 Å². The Morgan fingerprint density at radius 3 is 2.53 bits per heavy atom. The van der Waals surface area contributed by atoms with E-state index in [2.05, 4.69) is 5.32 Å². The fourth-order valence-corrected chi connectivity index (χ4v) is 5.49. The summed E-state index contributed by atoms with van der Waals surface area (Å²) in [6.45, 7) is 4.96. The van der Waals surface area contributed by atoms with Gasteiger partial charge in [-0.15, -0.1) is 0 Å². The third kappa shape index (κ3) is 6.22. The van der Waals surface area contributed by atoms with Crippen LogP contribution in [0.5, 0.6) is 11.5 Å². The fourth-order valence-electron chi connectivity index (χ4n) is 5.49. The fraction of sp³-hybridized carbons (Fsp3) is 0.312.